The van der Waals surface area contributed by atoms with Gasteiger partial charge in [-0.2, -0.15) is 13.2 Å². The minimum absolute atomic E-state index is 0.0258. The monoisotopic (exact) mass is 413 g/mol. The van der Waals surface area contributed by atoms with Gasteiger partial charge in [0, 0.05) is 15.6 Å². The maximum Gasteiger partial charge on any atom is 0.416 e. The standard InChI is InChI=1S/C19H12ClF4NOS/c1-8-16(20)17(26)15-11-4-2-9(6-14(11)27-18(15)25-8)12-7-10(19(22,23)24)3-5-13(12)21/h2-8,25-26H,1H3. The third-order valence-electron chi connectivity index (χ3n) is 4.49. The number of rotatable bonds is 1. The molecule has 4 rings (SSSR count). The molecule has 0 amide bonds. The molecule has 27 heavy (non-hydrogen) atoms. The number of hydrogen-bond acceptors (Lipinski definition) is 3. The number of aliphatic hydroxyl groups excluding tert-OH is 1. The Bertz CT molecular complexity index is 1100. The van der Waals surface area contributed by atoms with Crippen molar-refractivity contribution in [2.45, 2.75) is 19.1 Å². The van der Waals surface area contributed by atoms with Gasteiger partial charge >= 0.3 is 6.18 Å². The second kappa shape index (κ2) is 6.14. The Labute approximate surface area is 160 Å². The van der Waals surface area contributed by atoms with Crippen LogP contribution in [-0.2, 0) is 6.18 Å². The van der Waals surface area contributed by atoms with E-state index in [1.165, 1.54) is 17.4 Å². The van der Waals surface area contributed by atoms with Crippen molar-refractivity contribution in [2.75, 3.05) is 5.32 Å². The van der Waals surface area contributed by atoms with Gasteiger partial charge in [-0.1, -0.05) is 23.7 Å². The van der Waals surface area contributed by atoms with Gasteiger partial charge in [-0.05, 0) is 36.8 Å². The van der Waals surface area contributed by atoms with Crippen LogP contribution in [0.3, 0.4) is 0 Å². The van der Waals surface area contributed by atoms with E-state index in [2.05, 4.69) is 5.32 Å². The lowest BCUT2D eigenvalue weighted by atomic mass is 9.99. The van der Waals surface area contributed by atoms with E-state index in [-0.39, 0.29) is 22.4 Å². The van der Waals surface area contributed by atoms with Crippen LogP contribution >= 0.6 is 22.9 Å². The highest BCUT2D eigenvalue weighted by Gasteiger charge is 2.31. The van der Waals surface area contributed by atoms with Crippen molar-refractivity contribution >= 4 is 43.8 Å². The van der Waals surface area contributed by atoms with Gasteiger partial charge in [-0.15, -0.1) is 11.3 Å². The molecule has 0 saturated heterocycles. The van der Waals surface area contributed by atoms with Gasteiger partial charge in [-0.25, -0.2) is 4.39 Å². The fourth-order valence-corrected chi connectivity index (χ4v) is 4.49. The maximum atomic E-state index is 14.2. The Morgan fingerprint density at radius 2 is 1.89 bits per heavy atom. The lowest BCUT2D eigenvalue weighted by Gasteiger charge is -2.21. The largest absolute Gasteiger partial charge is 0.506 e. The summed E-state index contributed by atoms with van der Waals surface area (Å²) in [5.41, 5.74) is -0.161. The van der Waals surface area contributed by atoms with Crippen LogP contribution in [0, 0.1) is 5.82 Å². The van der Waals surface area contributed by atoms with E-state index in [1.54, 1.807) is 19.1 Å². The number of hydrogen-bond donors (Lipinski definition) is 2. The molecule has 0 fully saturated rings. The van der Waals surface area contributed by atoms with E-state index in [1.807, 2.05) is 0 Å². The molecule has 2 aromatic carbocycles. The van der Waals surface area contributed by atoms with Crippen molar-refractivity contribution in [1.29, 1.82) is 0 Å². The summed E-state index contributed by atoms with van der Waals surface area (Å²) in [6, 6.07) is 6.89. The Kier molecular flexibility index (Phi) is 4.12. The molecule has 1 aliphatic rings. The minimum Gasteiger partial charge on any atom is -0.506 e. The van der Waals surface area contributed by atoms with Crippen LogP contribution in [0.1, 0.15) is 18.1 Å². The molecule has 1 aliphatic heterocycles. The van der Waals surface area contributed by atoms with Crippen LogP contribution in [0.2, 0.25) is 0 Å². The van der Waals surface area contributed by atoms with E-state index >= 15 is 0 Å². The molecular weight excluding hydrogens is 402 g/mol. The van der Waals surface area contributed by atoms with Gasteiger partial charge in [0.1, 0.15) is 16.6 Å². The van der Waals surface area contributed by atoms with E-state index in [9.17, 15) is 22.7 Å². The molecule has 2 N–H and O–H groups in total. The molecule has 8 heteroatoms. The van der Waals surface area contributed by atoms with Gasteiger partial charge in [0.2, 0.25) is 0 Å². The molecule has 2 nitrogen and oxygen atoms in total. The fraction of sp³-hybridized carbons (Fsp3) is 0.158. The number of anilines is 1. The first kappa shape index (κ1) is 18.1. The first-order valence-corrected chi connectivity index (χ1v) is 9.15. The lowest BCUT2D eigenvalue weighted by molar-refractivity contribution is -0.137. The number of benzene rings is 2. The van der Waals surface area contributed by atoms with Gasteiger partial charge in [-0.3, -0.25) is 0 Å². The average Bonchev–Trinajstić information content (AvgIpc) is 2.96. The van der Waals surface area contributed by atoms with Crippen LogP contribution in [0.5, 0.6) is 0 Å². The van der Waals surface area contributed by atoms with Crippen LogP contribution in [0.4, 0.5) is 22.6 Å². The Balaban J connectivity index is 1.88. The summed E-state index contributed by atoms with van der Waals surface area (Å²) in [6.07, 6.45) is -4.55. The molecule has 0 bridgehead atoms. The molecule has 140 valence electrons. The third-order valence-corrected chi connectivity index (χ3v) is 6.08. The summed E-state index contributed by atoms with van der Waals surface area (Å²) in [6.45, 7) is 1.80. The zero-order chi connectivity index (χ0) is 19.5. The van der Waals surface area contributed by atoms with E-state index < -0.39 is 17.6 Å². The number of nitrogens with one attached hydrogen (secondary N) is 1. The number of halogens is 5. The van der Waals surface area contributed by atoms with Crippen molar-refractivity contribution in [1.82, 2.24) is 0 Å². The van der Waals surface area contributed by atoms with Crippen LogP contribution < -0.4 is 5.32 Å². The fourth-order valence-electron chi connectivity index (χ4n) is 3.11. The molecule has 0 spiro atoms. The molecule has 1 atom stereocenters. The van der Waals surface area contributed by atoms with Crippen molar-refractivity contribution in [3.05, 3.63) is 58.4 Å². The summed E-state index contributed by atoms with van der Waals surface area (Å²) in [5, 5.41) is 15.2. The summed E-state index contributed by atoms with van der Waals surface area (Å²) >= 11 is 7.45. The summed E-state index contributed by atoms with van der Waals surface area (Å²) in [7, 11) is 0. The first-order chi connectivity index (χ1) is 12.7. The topological polar surface area (TPSA) is 32.3 Å². The van der Waals surface area contributed by atoms with Crippen molar-refractivity contribution < 1.29 is 22.7 Å². The second-order valence-corrected chi connectivity index (χ2v) is 7.73. The van der Waals surface area contributed by atoms with Gasteiger partial charge in [0.05, 0.1) is 22.2 Å². The summed E-state index contributed by atoms with van der Waals surface area (Å²) in [4.78, 5) is 0. The van der Waals surface area contributed by atoms with Gasteiger partial charge < -0.3 is 10.4 Å². The highest BCUT2D eigenvalue weighted by molar-refractivity contribution is 7.23. The highest BCUT2D eigenvalue weighted by atomic mass is 35.5. The number of fused-ring (bicyclic) bond motifs is 3. The molecule has 0 aliphatic carbocycles. The predicted octanol–water partition coefficient (Wildman–Crippen LogP) is 7.01. The van der Waals surface area contributed by atoms with Crippen LogP contribution in [0.15, 0.2) is 41.4 Å². The van der Waals surface area contributed by atoms with Crippen molar-refractivity contribution in [2.24, 2.45) is 0 Å². The lowest BCUT2D eigenvalue weighted by Crippen LogP contribution is -2.20. The zero-order valence-corrected chi connectivity index (χ0v) is 15.4. The normalized spacial score (nSPS) is 17.2. The van der Waals surface area contributed by atoms with E-state index in [4.69, 9.17) is 11.6 Å². The van der Waals surface area contributed by atoms with E-state index in [0.717, 1.165) is 18.2 Å². The van der Waals surface area contributed by atoms with Crippen LogP contribution in [-0.4, -0.2) is 11.1 Å². The Morgan fingerprint density at radius 3 is 2.59 bits per heavy atom. The molecule has 0 saturated carbocycles. The summed E-state index contributed by atoms with van der Waals surface area (Å²) < 4.78 is 53.8. The van der Waals surface area contributed by atoms with Crippen LogP contribution in [0.25, 0.3) is 27.0 Å². The second-order valence-electron chi connectivity index (χ2n) is 6.27. The predicted molar refractivity (Wildman–Crippen MR) is 101 cm³/mol. The average molecular weight is 414 g/mol. The smallest absolute Gasteiger partial charge is 0.416 e. The zero-order valence-electron chi connectivity index (χ0n) is 13.8. The molecular formula is C19H12ClF4NOS. The molecule has 1 aromatic heterocycles. The molecule has 1 unspecified atom stereocenters. The molecule has 2 heterocycles. The minimum atomic E-state index is -4.55. The third kappa shape index (κ3) is 2.95. The number of alkyl halides is 3. The van der Waals surface area contributed by atoms with Crippen molar-refractivity contribution in [3.63, 3.8) is 0 Å². The SMILES string of the molecule is CC1Nc2sc3cc(-c4cc(C(F)(F)F)ccc4F)ccc3c2C(O)=C1Cl. The highest BCUT2D eigenvalue weighted by Crippen LogP contribution is 2.46. The Morgan fingerprint density at radius 1 is 1.15 bits per heavy atom. The first-order valence-electron chi connectivity index (χ1n) is 7.96. The van der Waals surface area contributed by atoms with Crippen molar-refractivity contribution in [3.8, 4) is 11.1 Å². The van der Waals surface area contributed by atoms with Gasteiger partial charge in [0.25, 0.3) is 0 Å². The maximum absolute atomic E-state index is 14.2. The molecule has 3 aromatic rings. The quantitative estimate of drug-likeness (QED) is 0.421. The van der Waals surface area contributed by atoms with Gasteiger partial charge in [0.15, 0.2) is 0 Å². The van der Waals surface area contributed by atoms with E-state index in [0.29, 0.717) is 26.2 Å². The Hall–Kier alpha value is -2.25. The summed E-state index contributed by atoms with van der Waals surface area (Å²) in [5.74, 6) is -0.761. The number of aliphatic hydroxyl groups is 1. The molecule has 0 radical (unpaired) electrons. The number of thiophene rings is 1.